The van der Waals surface area contributed by atoms with E-state index in [4.69, 9.17) is 9.47 Å². The number of ether oxygens (including phenoxy) is 2. The fourth-order valence-electron chi connectivity index (χ4n) is 5.38. The van der Waals surface area contributed by atoms with Gasteiger partial charge in [0.05, 0.1) is 13.7 Å². The molecule has 0 unspecified atom stereocenters. The number of likely N-dealkylation sites (tertiary alicyclic amines) is 2. The van der Waals surface area contributed by atoms with E-state index in [0.717, 1.165) is 37.0 Å². The number of methoxy groups -OCH3 is 1. The van der Waals surface area contributed by atoms with Crippen LogP contribution >= 0.6 is 0 Å². The first-order valence-corrected chi connectivity index (χ1v) is 10.0. The fourth-order valence-corrected chi connectivity index (χ4v) is 5.38. The summed E-state index contributed by atoms with van der Waals surface area (Å²) in [6, 6.07) is 15.9. The van der Waals surface area contributed by atoms with E-state index in [9.17, 15) is 0 Å². The van der Waals surface area contributed by atoms with Gasteiger partial charge < -0.3 is 9.47 Å². The van der Waals surface area contributed by atoms with Gasteiger partial charge in [0, 0.05) is 38.6 Å². The lowest BCUT2D eigenvalue weighted by Crippen LogP contribution is -2.28. The van der Waals surface area contributed by atoms with Gasteiger partial charge in [-0.15, -0.1) is 0 Å². The lowest BCUT2D eigenvalue weighted by atomic mass is 9.89. The molecule has 3 heterocycles. The Balaban J connectivity index is 1.30. The third-order valence-electron chi connectivity index (χ3n) is 6.59. The second kappa shape index (κ2) is 6.84. The average molecular weight is 364 g/mol. The van der Waals surface area contributed by atoms with Crippen LogP contribution in [0.1, 0.15) is 22.7 Å². The van der Waals surface area contributed by atoms with Crippen LogP contribution in [0.15, 0.2) is 42.5 Å². The van der Waals surface area contributed by atoms with Crippen LogP contribution in [-0.4, -0.2) is 50.2 Å². The highest BCUT2D eigenvalue weighted by Gasteiger charge is 2.45. The Hall–Kier alpha value is -2.04. The summed E-state index contributed by atoms with van der Waals surface area (Å²) >= 11 is 0. The van der Waals surface area contributed by atoms with Crippen molar-refractivity contribution in [2.45, 2.75) is 19.0 Å². The van der Waals surface area contributed by atoms with Crippen molar-refractivity contribution in [3.05, 3.63) is 59.2 Å². The summed E-state index contributed by atoms with van der Waals surface area (Å²) in [5, 5.41) is 0. The zero-order valence-electron chi connectivity index (χ0n) is 16.2. The lowest BCUT2D eigenvalue weighted by Gasteiger charge is -2.27. The molecular weight excluding hydrogens is 336 g/mol. The molecule has 2 fully saturated rings. The zero-order valence-corrected chi connectivity index (χ0v) is 16.2. The van der Waals surface area contributed by atoms with E-state index in [1.165, 1.54) is 36.3 Å². The molecule has 142 valence electrons. The molecule has 2 saturated heterocycles. The van der Waals surface area contributed by atoms with Crippen LogP contribution in [0, 0.1) is 11.8 Å². The fraction of sp³-hybridized carbons (Fsp3) is 0.478. The maximum Gasteiger partial charge on any atom is 0.122 e. The topological polar surface area (TPSA) is 24.9 Å². The van der Waals surface area contributed by atoms with Gasteiger partial charge in [-0.2, -0.15) is 0 Å². The minimum atomic E-state index is 0.513. The summed E-state index contributed by atoms with van der Waals surface area (Å²) in [5.74, 6) is 3.49. The number of fused-ring (bicyclic) bond motifs is 2. The van der Waals surface area contributed by atoms with E-state index in [1.54, 1.807) is 7.11 Å². The van der Waals surface area contributed by atoms with Gasteiger partial charge in [-0.25, -0.2) is 0 Å². The summed E-state index contributed by atoms with van der Waals surface area (Å²) in [4.78, 5) is 5.19. The van der Waals surface area contributed by atoms with Crippen molar-refractivity contribution in [2.75, 3.05) is 40.4 Å². The van der Waals surface area contributed by atoms with Crippen LogP contribution < -0.4 is 9.47 Å². The van der Waals surface area contributed by atoms with E-state index in [-0.39, 0.29) is 0 Å². The molecule has 0 spiro atoms. The van der Waals surface area contributed by atoms with E-state index >= 15 is 0 Å². The molecule has 4 heteroatoms. The molecule has 0 radical (unpaired) electrons. The summed E-state index contributed by atoms with van der Waals surface area (Å²) in [6.45, 7) is 5.46. The summed E-state index contributed by atoms with van der Waals surface area (Å²) < 4.78 is 11.0. The number of hydrogen-bond donors (Lipinski definition) is 0. The molecular formula is C23H28N2O2. The molecule has 5 rings (SSSR count). The molecule has 0 aliphatic carbocycles. The molecule has 2 aromatic rings. The maximum atomic E-state index is 5.65. The highest BCUT2D eigenvalue weighted by Crippen LogP contribution is 2.44. The lowest BCUT2D eigenvalue weighted by molar-refractivity contribution is 0.224. The van der Waals surface area contributed by atoms with Crippen LogP contribution in [-0.2, 0) is 13.0 Å². The van der Waals surface area contributed by atoms with E-state index in [1.807, 2.05) is 0 Å². The van der Waals surface area contributed by atoms with E-state index < -0.39 is 0 Å². The monoisotopic (exact) mass is 364 g/mol. The standard InChI is InChI=1S/C23H28N2O2/c1-24-13-19-14-25(12-16-3-8-22-18(11-16)9-10-27-22)15-21(19)23(24)17-4-6-20(26-2)7-5-17/h3-8,11,19,21,23H,9-10,12-15H2,1-2H3/t19-,21+,23-/m0/s1. The summed E-state index contributed by atoms with van der Waals surface area (Å²) in [7, 11) is 4.00. The van der Waals surface area contributed by atoms with Crippen molar-refractivity contribution in [3.63, 3.8) is 0 Å². The molecule has 3 atom stereocenters. The van der Waals surface area contributed by atoms with Crippen molar-refractivity contribution in [1.29, 1.82) is 0 Å². The number of rotatable bonds is 4. The Morgan fingerprint density at radius 3 is 2.74 bits per heavy atom. The first-order chi connectivity index (χ1) is 13.2. The van der Waals surface area contributed by atoms with Crippen LogP contribution in [0.25, 0.3) is 0 Å². The first kappa shape index (κ1) is 17.1. The number of nitrogens with zero attached hydrogens (tertiary/aromatic N) is 2. The van der Waals surface area contributed by atoms with Gasteiger partial charge in [0.2, 0.25) is 0 Å². The normalized spacial score (nSPS) is 27.4. The third-order valence-corrected chi connectivity index (χ3v) is 6.59. The smallest absolute Gasteiger partial charge is 0.122 e. The summed E-state index contributed by atoms with van der Waals surface area (Å²) in [5.41, 5.74) is 4.22. The highest BCUT2D eigenvalue weighted by atomic mass is 16.5. The predicted octanol–water partition coefficient (Wildman–Crippen LogP) is 3.36. The molecule has 0 amide bonds. The third kappa shape index (κ3) is 3.11. The van der Waals surface area contributed by atoms with E-state index in [0.29, 0.717) is 12.0 Å². The Kier molecular flexibility index (Phi) is 4.33. The average Bonchev–Trinajstić information content (AvgIpc) is 3.36. The second-order valence-electron chi connectivity index (χ2n) is 8.32. The number of benzene rings is 2. The Bertz CT molecular complexity index is 820. The molecule has 0 N–H and O–H groups in total. The summed E-state index contributed by atoms with van der Waals surface area (Å²) in [6.07, 6.45) is 1.05. The SMILES string of the molecule is COc1ccc([C@H]2[C@@H]3CN(Cc4ccc5c(c4)CCO5)C[C@@H]3CN2C)cc1. The van der Waals surface area contributed by atoms with Crippen LogP contribution in [0.2, 0.25) is 0 Å². The van der Waals surface area contributed by atoms with Crippen molar-refractivity contribution in [3.8, 4) is 11.5 Å². The molecule has 4 nitrogen and oxygen atoms in total. The van der Waals surface area contributed by atoms with Gasteiger partial charge in [0.1, 0.15) is 11.5 Å². The first-order valence-electron chi connectivity index (χ1n) is 10.0. The highest BCUT2D eigenvalue weighted by molar-refractivity contribution is 5.40. The molecule has 3 aliphatic heterocycles. The number of hydrogen-bond acceptors (Lipinski definition) is 4. The largest absolute Gasteiger partial charge is 0.497 e. The van der Waals surface area contributed by atoms with Crippen LogP contribution in [0.4, 0.5) is 0 Å². The molecule has 2 aromatic carbocycles. The minimum absolute atomic E-state index is 0.513. The minimum Gasteiger partial charge on any atom is -0.497 e. The predicted molar refractivity (Wildman–Crippen MR) is 106 cm³/mol. The van der Waals surface area contributed by atoms with Gasteiger partial charge in [-0.05, 0) is 53.8 Å². The van der Waals surface area contributed by atoms with Gasteiger partial charge in [-0.1, -0.05) is 24.3 Å². The van der Waals surface area contributed by atoms with Crippen LogP contribution in [0.5, 0.6) is 11.5 Å². The maximum absolute atomic E-state index is 5.65. The van der Waals surface area contributed by atoms with Crippen molar-refractivity contribution >= 4 is 0 Å². The molecule has 0 bridgehead atoms. The quantitative estimate of drug-likeness (QED) is 0.831. The molecule has 3 aliphatic rings. The van der Waals surface area contributed by atoms with Gasteiger partial charge in [-0.3, -0.25) is 9.80 Å². The van der Waals surface area contributed by atoms with Gasteiger partial charge in [0.15, 0.2) is 0 Å². The Labute approximate surface area is 161 Å². The molecule has 27 heavy (non-hydrogen) atoms. The van der Waals surface area contributed by atoms with Crippen molar-refractivity contribution in [2.24, 2.45) is 11.8 Å². The molecule has 0 aromatic heterocycles. The van der Waals surface area contributed by atoms with Gasteiger partial charge >= 0.3 is 0 Å². The van der Waals surface area contributed by atoms with Crippen LogP contribution in [0.3, 0.4) is 0 Å². The van der Waals surface area contributed by atoms with Crippen molar-refractivity contribution in [1.82, 2.24) is 9.80 Å². The van der Waals surface area contributed by atoms with Crippen molar-refractivity contribution < 1.29 is 9.47 Å². The van der Waals surface area contributed by atoms with Gasteiger partial charge in [0.25, 0.3) is 0 Å². The Morgan fingerprint density at radius 2 is 1.93 bits per heavy atom. The second-order valence-corrected chi connectivity index (χ2v) is 8.32. The van der Waals surface area contributed by atoms with E-state index in [2.05, 4.69) is 59.3 Å². The Morgan fingerprint density at radius 1 is 1.07 bits per heavy atom. The molecule has 0 saturated carbocycles. The zero-order chi connectivity index (χ0) is 18.4.